The monoisotopic (exact) mass is 321 g/mol. The molecule has 2 N–H and O–H groups in total. The van der Waals surface area contributed by atoms with Gasteiger partial charge in [-0.3, -0.25) is 9.59 Å². The van der Waals surface area contributed by atoms with Gasteiger partial charge < -0.3 is 15.2 Å². The van der Waals surface area contributed by atoms with Crippen LogP contribution in [0.3, 0.4) is 0 Å². The van der Waals surface area contributed by atoms with E-state index in [9.17, 15) is 9.59 Å². The molecular weight excluding hydrogens is 282 g/mol. The van der Waals surface area contributed by atoms with Crippen molar-refractivity contribution in [2.24, 2.45) is 5.73 Å². The average molecular weight is 322 g/mol. The quantitative estimate of drug-likeness (QED) is 0.775. The number of rotatable bonds is 2. The third kappa shape index (κ3) is 36.4. The van der Waals surface area contributed by atoms with Crippen molar-refractivity contribution in [1.29, 1.82) is 0 Å². The second-order valence-electron chi connectivity index (χ2n) is 5.73. The van der Waals surface area contributed by atoms with E-state index in [1.807, 2.05) is 48.5 Å². The average Bonchev–Trinajstić information content (AvgIpc) is 2.40. The summed E-state index contributed by atoms with van der Waals surface area (Å²) in [5.41, 5.74) is 4.27. The van der Waals surface area contributed by atoms with Crippen LogP contribution in [0.2, 0.25) is 0 Å². The normalized spacial score (nSPS) is 9.64. The Morgan fingerprint density at radius 1 is 0.773 bits per heavy atom. The molecule has 0 unspecified atom stereocenters. The molecule has 136 valence electrons. The Labute approximate surface area is 137 Å². The first-order valence-corrected chi connectivity index (χ1v) is 8.05. The molecule has 0 rings (SSSR count). The van der Waals surface area contributed by atoms with Crippen molar-refractivity contribution >= 4 is 11.9 Å². The van der Waals surface area contributed by atoms with Gasteiger partial charge in [0.05, 0.1) is 6.54 Å². The van der Waals surface area contributed by atoms with Gasteiger partial charge in [0.1, 0.15) is 11.2 Å². The van der Waals surface area contributed by atoms with Crippen molar-refractivity contribution in [3.05, 3.63) is 0 Å². The summed E-state index contributed by atoms with van der Waals surface area (Å²) in [6.07, 6.45) is 0.456. The van der Waals surface area contributed by atoms with Crippen LogP contribution >= 0.6 is 0 Å². The second kappa shape index (κ2) is 16.3. The highest BCUT2D eigenvalue weighted by Gasteiger charge is 2.14. The fourth-order valence-corrected chi connectivity index (χ4v) is 0.797. The molecule has 5 nitrogen and oxygen atoms in total. The molecule has 0 saturated heterocycles. The molecule has 0 heterocycles. The van der Waals surface area contributed by atoms with E-state index >= 15 is 0 Å². The van der Waals surface area contributed by atoms with Crippen molar-refractivity contribution < 1.29 is 19.1 Å². The van der Waals surface area contributed by atoms with E-state index in [1.54, 1.807) is 27.7 Å². The SMILES string of the molecule is CC.CC.CC(C)(C)OC(=O)CN.CCC(=O)OC(C)(C)C. The van der Waals surface area contributed by atoms with Crippen LogP contribution in [0.5, 0.6) is 0 Å². The van der Waals surface area contributed by atoms with Gasteiger partial charge in [0, 0.05) is 6.42 Å². The minimum Gasteiger partial charge on any atom is -0.460 e. The first-order valence-electron chi connectivity index (χ1n) is 8.05. The van der Waals surface area contributed by atoms with Gasteiger partial charge in [0.15, 0.2) is 0 Å². The highest BCUT2D eigenvalue weighted by Crippen LogP contribution is 2.07. The number of hydrogen-bond donors (Lipinski definition) is 1. The predicted octanol–water partition coefficient (Wildman–Crippen LogP) is 4.08. The van der Waals surface area contributed by atoms with Crippen LogP contribution in [-0.2, 0) is 19.1 Å². The third-order valence-electron chi connectivity index (χ3n) is 1.30. The largest absolute Gasteiger partial charge is 0.460 e. The summed E-state index contributed by atoms with van der Waals surface area (Å²) in [4.78, 5) is 21.1. The van der Waals surface area contributed by atoms with Crippen molar-refractivity contribution in [1.82, 2.24) is 0 Å². The van der Waals surface area contributed by atoms with Gasteiger partial charge in [-0.25, -0.2) is 0 Å². The van der Waals surface area contributed by atoms with Crippen molar-refractivity contribution in [2.75, 3.05) is 6.54 Å². The van der Waals surface area contributed by atoms with Gasteiger partial charge in [-0.05, 0) is 41.5 Å². The summed E-state index contributed by atoms with van der Waals surface area (Å²) >= 11 is 0. The van der Waals surface area contributed by atoms with Gasteiger partial charge in [-0.15, -0.1) is 0 Å². The van der Waals surface area contributed by atoms with E-state index < -0.39 is 5.60 Å². The molecule has 0 aromatic heterocycles. The maximum absolute atomic E-state index is 10.6. The number of carbonyl (C=O) groups excluding carboxylic acids is 2. The van der Waals surface area contributed by atoms with Gasteiger partial charge >= 0.3 is 11.9 Å². The predicted molar refractivity (Wildman–Crippen MR) is 93.7 cm³/mol. The molecule has 0 radical (unpaired) electrons. The summed E-state index contributed by atoms with van der Waals surface area (Å²) < 4.78 is 9.77. The number of nitrogens with two attached hydrogens (primary N) is 1. The molecule has 0 aromatic rings. The van der Waals surface area contributed by atoms with E-state index in [-0.39, 0.29) is 24.1 Å². The minimum absolute atomic E-state index is 0.0444. The molecule has 0 atom stereocenters. The Hall–Kier alpha value is -1.10. The maximum atomic E-state index is 10.6. The first-order chi connectivity index (χ1) is 9.91. The smallest absolute Gasteiger partial charge is 0.320 e. The zero-order valence-corrected chi connectivity index (χ0v) is 16.6. The van der Waals surface area contributed by atoms with Crippen molar-refractivity contribution in [2.45, 2.75) is 93.8 Å². The highest BCUT2D eigenvalue weighted by atomic mass is 16.6. The lowest BCUT2D eigenvalue weighted by Gasteiger charge is -2.18. The lowest BCUT2D eigenvalue weighted by molar-refractivity contribution is -0.155. The molecule has 0 spiro atoms. The molecule has 0 aromatic carbocycles. The maximum Gasteiger partial charge on any atom is 0.320 e. The molecule has 0 bridgehead atoms. The zero-order valence-electron chi connectivity index (χ0n) is 16.6. The molecule has 0 fully saturated rings. The molecule has 0 aliphatic carbocycles. The summed E-state index contributed by atoms with van der Waals surface area (Å²) in [5, 5.41) is 0. The van der Waals surface area contributed by atoms with Crippen LogP contribution in [0.25, 0.3) is 0 Å². The molecule has 0 aliphatic rings. The number of esters is 2. The van der Waals surface area contributed by atoms with E-state index in [1.165, 1.54) is 0 Å². The number of carbonyl (C=O) groups is 2. The fraction of sp³-hybridized carbons (Fsp3) is 0.882. The van der Waals surface area contributed by atoms with Crippen LogP contribution in [-0.4, -0.2) is 29.7 Å². The second-order valence-corrected chi connectivity index (χ2v) is 5.73. The van der Waals surface area contributed by atoms with Crippen LogP contribution in [0.15, 0.2) is 0 Å². The lowest BCUT2D eigenvalue weighted by Crippen LogP contribution is -2.28. The molecule has 0 saturated carbocycles. The summed E-state index contributed by atoms with van der Waals surface area (Å²) in [5.74, 6) is -0.495. The standard InChI is InChI=1S/C7H14O2.C6H13NO2.2C2H6/c1-5-6(8)9-7(2,3)4;1-6(2,3)9-5(8)4-7;2*1-2/h5H2,1-4H3;4,7H2,1-3H3;2*1-2H3. The molecule has 0 amide bonds. The highest BCUT2D eigenvalue weighted by molar-refractivity contribution is 5.71. The van der Waals surface area contributed by atoms with E-state index in [2.05, 4.69) is 0 Å². The Kier molecular flexibility index (Phi) is 21.4. The van der Waals surface area contributed by atoms with Crippen molar-refractivity contribution in [3.63, 3.8) is 0 Å². The Morgan fingerprint density at radius 2 is 1.05 bits per heavy atom. The van der Waals surface area contributed by atoms with Crippen LogP contribution in [0.1, 0.15) is 82.6 Å². The van der Waals surface area contributed by atoms with Crippen LogP contribution in [0.4, 0.5) is 0 Å². The van der Waals surface area contributed by atoms with E-state index in [4.69, 9.17) is 15.2 Å². The Bertz CT molecular complexity index is 235. The van der Waals surface area contributed by atoms with E-state index in [0.717, 1.165) is 0 Å². The lowest BCUT2D eigenvalue weighted by atomic mass is 10.2. The minimum atomic E-state index is -0.406. The summed E-state index contributed by atoms with van der Waals surface area (Å²) in [6, 6.07) is 0. The molecule has 0 aliphatic heterocycles. The Balaban J connectivity index is -0.000000120. The molecule has 5 heteroatoms. The van der Waals surface area contributed by atoms with Gasteiger partial charge in [-0.2, -0.15) is 0 Å². The number of ether oxygens (including phenoxy) is 2. The van der Waals surface area contributed by atoms with Crippen molar-refractivity contribution in [3.8, 4) is 0 Å². The topological polar surface area (TPSA) is 78.6 Å². The molecular formula is C17H39NO4. The first kappa shape index (κ1) is 29.0. The zero-order chi connectivity index (χ0) is 19.0. The van der Waals surface area contributed by atoms with Crippen LogP contribution in [0, 0.1) is 0 Å². The van der Waals surface area contributed by atoms with E-state index in [0.29, 0.717) is 6.42 Å². The van der Waals surface area contributed by atoms with Crippen LogP contribution < -0.4 is 5.73 Å². The number of hydrogen-bond acceptors (Lipinski definition) is 5. The molecule has 22 heavy (non-hydrogen) atoms. The van der Waals surface area contributed by atoms with Gasteiger partial charge in [0.25, 0.3) is 0 Å². The van der Waals surface area contributed by atoms with Gasteiger partial charge in [0.2, 0.25) is 0 Å². The van der Waals surface area contributed by atoms with Gasteiger partial charge in [-0.1, -0.05) is 34.6 Å². The summed E-state index contributed by atoms with van der Waals surface area (Å²) in [6.45, 7) is 20.7. The summed E-state index contributed by atoms with van der Waals surface area (Å²) in [7, 11) is 0. The fourth-order valence-electron chi connectivity index (χ4n) is 0.797. The Morgan fingerprint density at radius 3 is 1.14 bits per heavy atom. The third-order valence-corrected chi connectivity index (χ3v) is 1.30.